The molecule has 0 aliphatic rings. The lowest BCUT2D eigenvalue weighted by Gasteiger charge is -2.16. The van der Waals surface area contributed by atoms with Crippen LogP contribution >= 0.6 is 15.9 Å². The molecule has 0 bridgehead atoms. The molecule has 0 atom stereocenters. The Hall–Kier alpha value is -2.58. The van der Waals surface area contributed by atoms with Crippen molar-refractivity contribution in [2.45, 2.75) is 18.0 Å². The molecule has 0 saturated carbocycles. The molecular weight excluding hydrogens is 481 g/mol. The summed E-state index contributed by atoms with van der Waals surface area (Å²) in [6.07, 6.45) is -5.03. The first-order valence-electron chi connectivity index (χ1n) is 8.72. The number of benzene rings is 3. The Balaban J connectivity index is 1.99. The maximum Gasteiger partial charge on any atom is 0.451 e. The largest absolute Gasteiger partial charge is 0.451 e. The number of rotatable bonds is 5. The number of hydrogen-bond donors (Lipinski definition) is 0. The van der Waals surface area contributed by atoms with Gasteiger partial charge in [-0.15, -0.1) is 0 Å². The van der Waals surface area contributed by atoms with Crippen LogP contribution in [0, 0.1) is 6.92 Å². The lowest BCUT2D eigenvalue weighted by atomic mass is 10.0. The summed E-state index contributed by atoms with van der Waals surface area (Å²) in [5.74, 6) is -1.64. The quantitative estimate of drug-likeness (QED) is 0.291. The summed E-state index contributed by atoms with van der Waals surface area (Å²) in [4.78, 5) is -0.366. The van der Waals surface area contributed by atoms with Crippen LogP contribution in [0.2, 0.25) is 0 Å². The minimum Gasteiger partial charge on any atom is -0.372 e. The van der Waals surface area contributed by atoms with Gasteiger partial charge >= 0.3 is 16.3 Å². The third-order valence-corrected chi connectivity index (χ3v) is 6.26. The topological polar surface area (TPSA) is 43.4 Å². The van der Waals surface area contributed by atoms with Gasteiger partial charge in [0.2, 0.25) is 5.76 Å². The Morgan fingerprint density at radius 3 is 1.90 bits per heavy atom. The third-order valence-electron chi connectivity index (χ3n) is 4.20. The van der Waals surface area contributed by atoms with E-state index in [4.69, 9.17) is 0 Å². The van der Waals surface area contributed by atoms with Gasteiger partial charge in [0.05, 0.1) is 4.48 Å². The van der Waals surface area contributed by atoms with Crippen LogP contribution in [0.5, 0.6) is 0 Å². The van der Waals surface area contributed by atoms with Gasteiger partial charge in [0, 0.05) is 0 Å². The molecule has 0 fully saturated rings. The highest BCUT2D eigenvalue weighted by atomic mass is 79.9. The average Bonchev–Trinajstić information content (AvgIpc) is 2.72. The van der Waals surface area contributed by atoms with E-state index in [0.29, 0.717) is 0 Å². The second kappa shape index (κ2) is 8.65. The Morgan fingerprint density at radius 1 is 0.833 bits per heavy atom. The first-order valence-corrected chi connectivity index (χ1v) is 10.9. The number of hydrogen-bond acceptors (Lipinski definition) is 3. The first-order chi connectivity index (χ1) is 14.1. The Labute approximate surface area is 181 Å². The predicted octanol–water partition coefficient (Wildman–Crippen LogP) is 6.69. The van der Waals surface area contributed by atoms with Crippen molar-refractivity contribution in [3.8, 4) is 11.1 Å². The number of alkyl halides is 3. The monoisotopic (exact) mass is 496 g/mol. The zero-order chi connectivity index (χ0) is 21.9. The predicted molar refractivity (Wildman–Crippen MR) is 113 cm³/mol. The summed E-state index contributed by atoms with van der Waals surface area (Å²) >= 11 is 2.88. The molecule has 3 aromatic rings. The molecule has 0 heterocycles. The second-order valence-corrected chi connectivity index (χ2v) is 8.77. The van der Waals surface area contributed by atoms with Crippen molar-refractivity contribution in [2.24, 2.45) is 0 Å². The van der Waals surface area contributed by atoms with E-state index in [2.05, 4.69) is 20.1 Å². The van der Waals surface area contributed by atoms with Gasteiger partial charge in [-0.05, 0) is 51.7 Å². The molecule has 0 N–H and O–H groups in total. The summed E-state index contributed by atoms with van der Waals surface area (Å²) in [6.45, 7) is 1.73. The minimum absolute atomic E-state index is 0.126. The fraction of sp³-hybridized carbons (Fsp3) is 0.0909. The van der Waals surface area contributed by atoms with Crippen LogP contribution in [0.3, 0.4) is 0 Å². The van der Waals surface area contributed by atoms with E-state index in [9.17, 15) is 21.6 Å². The van der Waals surface area contributed by atoms with Crippen LogP contribution in [-0.4, -0.2) is 14.6 Å². The van der Waals surface area contributed by atoms with Crippen LogP contribution in [0.1, 0.15) is 11.1 Å². The van der Waals surface area contributed by atoms with Gasteiger partial charge in [-0.25, -0.2) is 0 Å². The molecule has 3 rings (SSSR count). The number of halogens is 4. The van der Waals surface area contributed by atoms with Crippen molar-refractivity contribution in [2.75, 3.05) is 0 Å². The van der Waals surface area contributed by atoms with E-state index in [0.717, 1.165) is 16.7 Å². The Kier molecular flexibility index (Phi) is 6.38. The van der Waals surface area contributed by atoms with E-state index in [1.54, 1.807) is 19.1 Å². The second-order valence-electron chi connectivity index (χ2n) is 6.43. The lowest BCUT2D eigenvalue weighted by molar-refractivity contribution is -0.114. The molecule has 0 unspecified atom stereocenters. The van der Waals surface area contributed by atoms with E-state index < -0.39 is 26.5 Å². The molecule has 30 heavy (non-hydrogen) atoms. The average molecular weight is 497 g/mol. The van der Waals surface area contributed by atoms with Gasteiger partial charge in [0.1, 0.15) is 4.90 Å². The van der Waals surface area contributed by atoms with Gasteiger partial charge in [-0.3, -0.25) is 0 Å². The summed E-state index contributed by atoms with van der Waals surface area (Å²) < 4.78 is 69.7. The van der Waals surface area contributed by atoms with E-state index in [-0.39, 0.29) is 10.5 Å². The molecule has 8 heteroatoms. The Bertz CT molecular complexity index is 1150. The van der Waals surface area contributed by atoms with Crippen LogP contribution in [0.25, 0.3) is 15.6 Å². The van der Waals surface area contributed by atoms with Crippen molar-refractivity contribution in [1.82, 2.24) is 0 Å². The van der Waals surface area contributed by atoms with Crippen LogP contribution in [0.15, 0.2) is 89.5 Å². The third kappa shape index (κ3) is 5.12. The van der Waals surface area contributed by atoms with Gasteiger partial charge in [-0.1, -0.05) is 72.3 Å². The number of aryl methyl sites for hydroxylation is 1. The molecule has 0 saturated heterocycles. The zero-order valence-electron chi connectivity index (χ0n) is 15.7. The SMILES string of the molecule is Cc1ccc(S(=O)(=O)O/C(=C(/Br)c2ccc(-c3ccccc3)cc2)C(F)(F)F)cc1. The van der Waals surface area contributed by atoms with Crippen molar-refractivity contribution in [3.05, 3.63) is 95.7 Å². The van der Waals surface area contributed by atoms with Crippen LogP contribution in [0.4, 0.5) is 13.2 Å². The highest BCUT2D eigenvalue weighted by Crippen LogP contribution is 2.39. The minimum atomic E-state index is -5.03. The van der Waals surface area contributed by atoms with Crippen molar-refractivity contribution < 1.29 is 25.8 Å². The molecule has 0 amide bonds. The van der Waals surface area contributed by atoms with Crippen molar-refractivity contribution >= 4 is 30.5 Å². The summed E-state index contributed by atoms with van der Waals surface area (Å²) in [5, 5.41) is 0. The van der Waals surface area contributed by atoms with Gasteiger partial charge in [-0.2, -0.15) is 21.6 Å². The molecular formula is C22H16BrF3O3S. The van der Waals surface area contributed by atoms with E-state index in [1.165, 1.54) is 36.4 Å². The normalized spacial score (nSPS) is 13.0. The van der Waals surface area contributed by atoms with Crippen molar-refractivity contribution in [1.29, 1.82) is 0 Å². The zero-order valence-corrected chi connectivity index (χ0v) is 18.1. The maximum absolute atomic E-state index is 13.6. The standard InChI is InChI=1S/C22H16BrF3O3S/c1-15-7-13-19(14-8-15)30(27,28)29-21(22(24,25)26)20(23)18-11-9-17(10-12-18)16-5-3-2-4-6-16/h2-14H,1H3/b21-20+. The first kappa shape index (κ1) is 22.1. The molecule has 0 aliphatic heterocycles. The fourth-order valence-corrected chi connectivity index (χ4v) is 4.28. The molecule has 156 valence electrons. The molecule has 3 aromatic carbocycles. The van der Waals surface area contributed by atoms with Crippen molar-refractivity contribution in [3.63, 3.8) is 0 Å². The smallest absolute Gasteiger partial charge is 0.372 e. The van der Waals surface area contributed by atoms with Gasteiger partial charge in [0.15, 0.2) is 0 Å². The molecule has 0 aliphatic carbocycles. The Morgan fingerprint density at radius 2 is 1.37 bits per heavy atom. The van der Waals surface area contributed by atoms with Crippen LogP contribution in [-0.2, 0) is 14.3 Å². The summed E-state index contributed by atoms with van der Waals surface area (Å²) in [6, 6.07) is 20.9. The number of allylic oxidation sites excluding steroid dienone is 1. The lowest BCUT2D eigenvalue weighted by Crippen LogP contribution is -2.19. The summed E-state index contributed by atoms with van der Waals surface area (Å²) in [7, 11) is -4.67. The maximum atomic E-state index is 13.6. The van der Waals surface area contributed by atoms with E-state index in [1.807, 2.05) is 30.3 Å². The molecule has 0 radical (unpaired) electrons. The highest BCUT2D eigenvalue weighted by molar-refractivity contribution is 9.15. The summed E-state index contributed by atoms with van der Waals surface area (Å²) in [5.41, 5.74) is 2.60. The molecule has 0 spiro atoms. The van der Waals surface area contributed by atoms with E-state index >= 15 is 0 Å². The molecule has 3 nitrogen and oxygen atoms in total. The van der Waals surface area contributed by atoms with Crippen LogP contribution < -0.4 is 0 Å². The fourth-order valence-electron chi connectivity index (χ4n) is 2.64. The highest BCUT2D eigenvalue weighted by Gasteiger charge is 2.42. The molecule has 0 aromatic heterocycles. The van der Waals surface area contributed by atoms with Gasteiger partial charge < -0.3 is 4.18 Å². The van der Waals surface area contributed by atoms with Gasteiger partial charge in [0.25, 0.3) is 0 Å².